The van der Waals surface area contributed by atoms with E-state index in [1.807, 2.05) is 0 Å². The van der Waals surface area contributed by atoms with E-state index in [9.17, 15) is 23.4 Å². The Kier molecular flexibility index (Phi) is 15.7. The molecule has 0 radical (unpaired) electrons. The van der Waals surface area contributed by atoms with Crippen molar-refractivity contribution in [2.24, 2.45) is 0 Å². The Bertz CT molecular complexity index is 1530. The van der Waals surface area contributed by atoms with Crippen LogP contribution in [-0.4, -0.2) is 48.1 Å². The van der Waals surface area contributed by atoms with Gasteiger partial charge in [-0.05, 0) is 23.8 Å². The fourth-order valence-corrected chi connectivity index (χ4v) is 10.7. The van der Waals surface area contributed by atoms with Gasteiger partial charge in [0, 0.05) is 6.08 Å². The van der Waals surface area contributed by atoms with Crippen LogP contribution in [0.1, 0.15) is 56.9 Å². The van der Waals surface area contributed by atoms with Crippen LogP contribution in [0.5, 0.6) is 11.5 Å². The normalized spacial score (nSPS) is 11.9. The van der Waals surface area contributed by atoms with Gasteiger partial charge in [0.15, 0.2) is 11.5 Å². The molecular formula is C38H48NO6PS. The van der Waals surface area contributed by atoms with Crippen LogP contribution in [0.3, 0.4) is 0 Å². The maximum absolute atomic E-state index is 12.0. The number of carbonyl (C=O) groups excluding carboxylic acids is 1. The number of hydrogen-bond acceptors (Lipinski definition) is 5. The number of carbonyl (C=O) groups is 1. The van der Waals surface area contributed by atoms with E-state index in [0.29, 0.717) is 18.4 Å². The number of aromatic hydroxyl groups is 2. The number of nitrogens with one attached hydrogen (secondary N) is 1. The molecule has 0 aliphatic carbocycles. The zero-order valence-corrected chi connectivity index (χ0v) is 28.9. The van der Waals surface area contributed by atoms with Crippen molar-refractivity contribution in [2.75, 3.05) is 19.0 Å². The van der Waals surface area contributed by atoms with Gasteiger partial charge >= 0.3 is 189 Å². The number of phenols is 2. The maximum atomic E-state index is 12.0. The van der Waals surface area contributed by atoms with Gasteiger partial charge in [-0.1, -0.05) is 6.07 Å². The van der Waals surface area contributed by atoms with Crippen LogP contribution >= 0.6 is 7.26 Å². The predicted octanol–water partition coefficient (Wildman–Crippen LogP) is 6.58. The van der Waals surface area contributed by atoms with E-state index in [4.69, 9.17) is 4.55 Å². The molecule has 4 aromatic carbocycles. The molecule has 4 aromatic rings. The monoisotopic (exact) mass is 677 g/mol. The molecule has 0 aliphatic rings. The van der Waals surface area contributed by atoms with Gasteiger partial charge in [0.2, 0.25) is 0 Å². The summed E-state index contributed by atoms with van der Waals surface area (Å²) < 4.78 is 25.9. The molecule has 7 nitrogen and oxygen atoms in total. The summed E-state index contributed by atoms with van der Waals surface area (Å²) in [6, 6.07) is 38.0. The summed E-state index contributed by atoms with van der Waals surface area (Å²) >= 11 is 0. The Hall–Kier alpha value is -3.97. The van der Waals surface area contributed by atoms with Crippen LogP contribution in [0, 0.1) is 0 Å². The molecule has 1 amide bonds. The molecular weight excluding hydrogens is 629 g/mol. The van der Waals surface area contributed by atoms with Crippen molar-refractivity contribution in [3.05, 3.63) is 121 Å². The molecule has 9 heteroatoms. The first-order valence-corrected chi connectivity index (χ1v) is 20.2. The Morgan fingerprint density at radius 3 is 1.53 bits per heavy atom. The molecule has 0 saturated heterocycles. The molecule has 4 N–H and O–H groups in total. The first kappa shape index (κ1) is 37.5. The standard InChI is InChI=1S/C37H44NO3P.CH4O3S/c39-35-26-24-31(30-36(35)40)25-27-37(41)38-28-16-5-3-1-2-4-6-17-29-42(32-18-10-7-11-19-32,33-20-12-8-13-21-33)34-22-14-9-15-23-34;1-5(2,3)4/h7-15,18-27,30,39-40,42H,1-6,16-17,28-29H2,(H,38,41);1H3,(H,2,3,4)/b27-25+;. The Labute approximate surface area is 280 Å². The van der Waals surface area contributed by atoms with Crippen molar-refractivity contribution in [3.8, 4) is 11.5 Å². The van der Waals surface area contributed by atoms with Crippen LogP contribution in [0.4, 0.5) is 0 Å². The van der Waals surface area contributed by atoms with Gasteiger partial charge < -0.3 is 10.2 Å². The quantitative estimate of drug-likeness (QED) is 0.0350. The first-order chi connectivity index (χ1) is 22.6. The molecule has 0 bridgehead atoms. The molecule has 0 aliphatic heterocycles. The minimum atomic E-state index is -3.67. The second kappa shape index (κ2) is 19.6. The molecule has 0 atom stereocenters. The fraction of sp³-hybridized carbons (Fsp3) is 0.289. The van der Waals surface area contributed by atoms with Crippen molar-refractivity contribution in [2.45, 2.75) is 51.4 Å². The van der Waals surface area contributed by atoms with Crippen LogP contribution in [0.25, 0.3) is 6.08 Å². The van der Waals surface area contributed by atoms with Crippen molar-refractivity contribution in [1.82, 2.24) is 5.32 Å². The fourth-order valence-electron chi connectivity index (χ4n) is 5.76. The topological polar surface area (TPSA) is 124 Å². The summed E-state index contributed by atoms with van der Waals surface area (Å²) in [6.45, 7) is 0.662. The van der Waals surface area contributed by atoms with E-state index in [1.165, 1.54) is 78.8 Å². The zero-order valence-electron chi connectivity index (χ0n) is 27.1. The SMILES string of the molecule is CS(=O)(=O)O.O=C(/C=C/c1ccc(O)c(O)c1)NCCCCCCCCCC[PH](c1ccccc1)(c1ccccc1)c1ccccc1. The zero-order chi connectivity index (χ0) is 34.0. The summed E-state index contributed by atoms with van der Waals surface area (Å²) in [5, 5.41) is 26.3. The Balaban J connectivity index is 0.00000111. The number of benzene rings is 4. The van der Waals surface area contributed by atoms with Gasteiger partial charge in [0.25, 0.3) is 10.1 Å². The van der Waals surface area contributed by atoms with Gasteiger partial charge in [-0.15, -0.1) is 0 Å². The summed E-state index contributed by atoms with van der Waals surface area (Å²) in [7, 11) is -5.78. The molecule has 0 unspecified atom stereocenters. The van der Waals surface area contributed by atoms with E-state index in [0.717, 1.165) is 12.8 Å². The molecule has 252 valence electrons. The minimum absolute atomic E-state index is 0.149. The van der Waals surface area contributed by atoms with E-state index in [-0.39, 0.29) is 17.4 Å². The second-order valence-electron chi connectivity index (χ2n) is 11.7. The van der Waals surface area contributed by atoms with Gasteiger partial charge in [-0.25, -0.2) is 0 Å². The molecule has 47 heavy (non-hydrogen) atoms. The van der Waals surface area contributed by atoms with Gasteiger partial charge in [-0.2, -0.15) is 8.42 Å². The summed E-state index contributed by atoms with van der Waals surface area (Å²) in [5.41, 5.74) is 0.661. The van der Waals surface area contributed by atoms with Crippen LogP contribution in [0.2, 0.25) is 0 Å². The number of unbranched alkanes of at least 4 members (excludes halogenated alkanes) is 7. The number of amides is 1. The molecule has 0 aromatic heterocycles. The van der Waals surface area contributed by atoms with Gasteiger partial charge in [0.05, 0.1) is 6.26 Å². The average Bonchev–Trinajstić information content (AvgIpc) is 3.06. The van der Waals surface area contributed by atoms with Gasteiger partial charge in [0.1, 0.15) is 0 Å². The molecule has 0 saturated carbocycles. The van der Waals surface area contributed by atoms with Crippen molar-refractivity contribution in [1.29, 1.82) is 0 Å². The van der Waals surface area contributed by atoms with E-state index >= 15 is 0 Å². The van der Waals surface area contributed by atoms with E-state index in [1.54, 1.807) is 12.1 Å². The summed E-state index contributed by atoms with van der Waals surface area (Å²) in [4.78, 5) is 12.0. The molecule has 0 spiro atoms. The van der Waals surface area contributed by atoms with Crippen LogP contribution in [-0.2, 0) is 14.9 Å². The van der Waals surface area contributed by atoms with E-state index in [2.05, 4.69) is 96.3 Å². The van der Waals surface area contributed by atoms with E-state index < -0.39 is 17.4 Å². The number of hydrogen-bond donors (Lipinski definition) is 4. The van der Waals surface area contributed by atoms with Crippen molar-refractivity contribution in [3.63, 3.8) is 0 Å². The van der Waals surface area contributed by atoms with Crippen molar-refractivity contribution >= 4 is 45.3 Å². The molecule has 0 heterocycles. The van der Waals surface area contributed by atoms with Crippen LogP contribution in [0.15, 0.2) is 115 Å². The van der Waals surface area contributed by atoms with Gasteiger partial charge in [-0.3, -0.25) is 9.35 Å². The molecule has 4 rings (SSSR count). The summed E-state index contributed by atoms with van der Waals surface area (Å²) in [5.74, 6) is -0.516. The average molecular weight is 678 g/mol. The third-order valence-corrected chi connectivity index (χ3v) is 13.1. The van der Waals surface area contributed by atoms with Crippen LogP contribution < -0.4 is 21.2 Å². The first-order valence-electron chi connectivity index (χ1n) is 16.2. The van der Waals surface area contributed by atoms with Crippen molar-refractivity contribution < 1.29 is 28.0 Å². The third kappa shape index (κ3) is 13.3. The predicted molar refractivity (Wildman–Crippen MR) is 198 cm³/mol. The molecule has 0 fully saturated rings. The summed E-state index contributed by atoms with van der Waals surface area (Å²) in [6.07, 6.45) is 14.5. The number of rotatable bonds is 16. The Morgan fingerprint density at radius 1 is 0.660 bits per heavy atom. The Morgan fingerprint density at radius 2 is 1.09 bits per heavy atom. The third-order valence-electron chi connectivity index (χ3n) is 8.00. The second-order valence-corrected chi connectivity index (χ2v) is 17.2. The number of phenolic OH excluding ortho intramolecular Hbond substituents is 2.